The molecule has 100 valence electrons. The summed E-state index contributed by atoms with van der Waals surface area (Å²) >= 11 is 0. The molecule has 1 aliphatic rings. The molecule has 0 aliphatic heterocycles. The zero-order valence-electron chi connectivity index (χ0n) is 11.2. The Kier molecular flexibility index (Phi) is 4.48. The molecule has 1 saturated carbocycles. The normalized spacial score (nSPS) is 18.4. The van der Waals surface area contributed by atoms with Crippen LogP contribution in [0.2, 0.25) is 0 Å². The fraction of sp³-hybridized carbons (Fsp3) is 0.600. The second kappa shape index (κ2) is 6.10. The van der Waals surface area contributed by atoms with E-state index in [0.717, 1.165) is 29.9 Å². The van der Waals surface area contributed by atoms with Gasteiger partial charge in [0.05, 0.1) is 20.3 Å². The Bertz CT molecular complexity index is 361. The van der Waals surface area contributed by atoms with Crippen molar-refractivity contribution in [1.29, 1.82) is 0 Å². The molecule has 1 unspecified atom stereocenters. The van der Waals surface area contributed by atoms with Gasteiger partial charge in [-0.2, -0.15) is 0 Å². The third-order valence-corrected chi connectivity index (χ3v) is 3.81. The molecule has 0 aromatic heterocycles. The summed E-state index contributed by atoms with van der Waals surface area (Å²) in [7, 11) is 3.26. The fourth-order valence-electron chi connectivity index (χ4n) is 2.72. The number of aliphatic hydroxyl groups is 1. The van der Waals surface area contributed by atoms with Crippen LogP contribution in [-0.4, -0.2) is 19.3 Å². The lowest BCUT2D eigenvalue weighted by Gasteiger charge is -2.27. The second-order valence-electron chi connectivity index (χ2n) is 4.99. The fourth-order valence-corrected chi connectivity index (χ4v) is 2.72. The molecule has 1 fully saturated rings. The number of benzene rings is 1. The van der Waals surface area contributed by atoms with Crippen LogP contribution in [-0.2, 0) is 0 Å². The maximum absolute atomic E-state index is 10.5. The number of ether oxygens (including phenoxy) is 2. The van der Waals surface area contributed by atoms with Crippen LogP contribution in [0.5, 0.6) is 11.5 Å². The SMILES string of the molecule is COc1cc(OC)cc(C(O)C2CCCCC2)c1. The summed E-state index contributed by atoms with van der Waals surface area (Å²) in [6, 6.07) is 5.64. The standard InChI is InChI=1S/C15H22O3/c1-17-13-8-12(9-14(10-13)18-2)15(16)11-6-4-3-5-7-11/h8-11,15-16H,3-7H2,1-2H3. The Labute approximate surface area is 109 Å². The van der Waals surface area contributed by atoms with Crippen LogP contribution < -0.4 is 9.47 Å². The lowest BCUT2D eigenvalue weighted by atomic mass is 9.83. The maximum Gasteiger partial charge on any atom is 0.122 e. The second-order valence-corrected chi connectivity index (χ2v) is 4.99. The molecule has 0 radical (unpaired) electrons. The molecule has 3 heteroatoms. The van der Waals surface area contributed by atoms with Crippen LogP contribution in [0, 0.1) is 5.92 Å². The Hall–Kier alpha value is -1.22. The molecule has 1 aromatic carbocycles. The molecule has 18 heavy (non-hydrogen) atoms. The highest BCUT2D eigenvalue weighted by Crippen LogP contribution is 2.36. The van der Waals surface area contributed by atoms with E-state index in [9.17, 15) is 5.11 Å². The average Bonchev–Trinajstić information content (AvgIpc) is 2.46. The highest BCUT2D eigenvalue weighted by Gasteiger charge is 2.23. The summed E-state index contributed by atoms with van der Waals surface area (Å²) < 4.78 is 10.5. The highest BCUT2D eigenvalue weighted by molar-refractivity contribution is 5.39. The number of rotatable bonds is 4. The van der Waals surface area contributed by atoms with E-state index >= 15 is 0 Å². The van der Waals surface area contributed by atoms with Gasteiger partial charge in [0.1, 0.15) is 11.5 Å². The van der Waals surface area contributed by atoms with Crippen LogP contribution in [0.4, 0.5) is 0 Å². The van der Waals surface area contributed by atoms with Crippen molar-refractivity contribution in [3.05, 3.63) is 23.8 Å². The molecule has 1 aliphatic carbocycles. The van der Waals surface area contributed by atoms with Crippen LogP contribution in [0.25, 0.3) is 0 Å². The third-order valence-electron chi connectivity index (χ3n) is 3.81. The predicted molar refractivity (Wildman–Crippen MR) is 71.1 cm³/mol. The summed E-state index contributed by atoms with van der Waals surface area (Å²) in [5.41, 5.74) is 0.901. The molecular weight excluding hydrogens is 228 g/mol. The van der Waals surface area contributed by atoms with Crippen molar-refractivity contribution in [2.45, 2.75) is 38.2 Å². The number of hydrogen-bond acceptors (Lipinski definition) is 3. The van der Waals surface area contributed by atoms with Gasteiger partial charge in [-0.05, 0) is 36.5 Å². The Morgan fingerprint density at radius 3 is 2.06 bits per heavy atom. The van der Waals surface area contributed by atoms with E-state index in [1.807, 2.05) is 18.2 Å². The van der Waals surface area contributed by atoms with Crippen molar-refractivity contribution in [1.82, 2.24) is 0 Å². The minimum atomic E-state index is -0.408. The molecular formula is C15H22O3. The maximum atomic E-state index is 10.5. The Balaban J connectivity index is 2.19. The van der Waals surface area contributed by atoms with E-state index in [4.69, 9.17) is 9.47 Å². The average molecular weight is 250 g/mol. The van der Waals surface area contributed by atoms with Crippen LogP contribution in [0.3, 0.4) is 0 Å². The van der Waals surface area contributed by atoms with Gasteiger partial charge in [0, 0.05) is 6.07 Å². The van der Waals surface area contributed by atoms with Crippen LogP contribution in [0.15, 0.2) is 18.2 Å². The third kappa shape index (κ3) is 2.96. The predicted octanol–water partition coefficient (Wildman–Crippen LogP) is 3.32. The van der Waals surface area contributed by atoms with Gasteiger partial charge in [-0.3, -0.25) is 0 Å². The van der Waals surface area contributed by atoms with Crippen molar-refractivity contribution in [2.24, 2.45) is 5.92 Å². The number of methoxy groups -OCH3 is 2. The number of hydrogen-bond donors (Lipinski definition) is 1. The van der Waals surface area contributed by atoms with Gasteiger partial charge in [0.25, 0.3) is 0 Å². The summed E-state index contributed by atoms with van der Waals surface area (Å²) in [5.74, 6) is 1.84. The van der Waals surface area contributed by atoms with Gasteiger partial charge in [0.15, 0.2) is 0 Å². The van der Waals surface area contributed by atoms with Crippen molar-refractivity contribution < 1.29 is 14.6 Å². The molecule has 1 atom stereocenters. The van der Waals surface area contributed by atoms with E-state index in [0.29, 0.717) is 5.92 Å². The smallest absolute Gasteiger partial charge is 0.122 e. The van der Waals surface area contributed by atoms with E-state index in [1.165, 1.54) is 19.3 Å². The first-order chi connectivity index (χ1) is 8.74. The van der Waals surface area contributed by atoms with Crippen molar-refractivity contribution in [3.8, 4) is 11.5 Å². The van der Waals surface area contributed by atoms with Crippen molar-refractivity contribution in [2.75, 3.05) is 14.2 Å². The number of aliphatic hydroxyl groups excluding tert-OH is 1. The largest absolute Gasteiger partial charge is 0.497 e. The lowest BCUT2D eigenvalue weighted by molar-refractivity contribution is 0.0844. The van der Waals surface area contributed by atoms with Crippen molar-refractivity contribution in [3.63, 3.8) is 0 Å². The monoisotopic (exact) mass is 250 g/mol. The lowest BCUT2D eigenvalue weighted by Crippen LogP contribution is -2.16. The van der Waals surface area contributed by atoms with Gasteiger partial charge in [-0.25, -0.2) is 0 Å². The Morgan fingerprint density at radius 2 is 1.56 bits per heavy atom. The Morgan fingerprint density at radius 1 is 1.00 bits per heavy atom. The van der Waals surface area contributed by atoms with E-state index in [2.05, 4.69) is 0 Å². The molecule has 1 N–H and O–H groups in total. The molecule has 0 heterocycles. The summed E-state index contributed by atoms with van der Waals surface area (Å²) in [5, 5.41) is 10.5. The molecule has 0 amide bonds. The quantitative estimate of drug-likeness (QED) is 0.891. The van der Waals surface area contributed by atoms with Gasteiger partial charge >= 0.3 is 0 Å². The van der Waals surface area contributed by atoms with Gasteiger partial charge in [0.2, 0.25) is 0 Å². The van der Waals surface area contributed by atoms with Gasteiger partial charge < -0.3 is 14.6 Å². The highest BCUT2D eigenvalue weighted by atomic mass is 16.5. The van der Waals surface area contributed by atoms with Crippen molar-refractivity contribution >= 4 is 0 Å². The molecule has 0 spiro atoms. The molecule has 1 aromatic rings. The first-order valence-corrected chi connectivity index (χ1v) is 6.65. The minimum absolute atomic E-state index is 0.371. The van der Waals surface area contributed by atoms with E-state index < -0.39 is 6.10 Å². The van der Waals surface area contributed by atoms with Crippen LogP contribution >= 0.6 is 0 Å². The molecule has 0 saturated heterocycles. The van der Waals surface area contributed by atoms with Crippen LogP contribution in [0.1, 0.15) is 43.8 Å². The molecule has 3 nitrogen and oxygen atoms in total. The molecule has 2 rings (SSSR count). The minimum Gasteiger partial charge on any atom is -0.497 e. The summed E-state index contributed by atoms with van der Waals surface area (Å²) in [6.07, 6.45) is 5.56. The zero-order chi connectivity index (χ0) is 13.0. The van der Waals surface area contributed by atoms with E-state index in [1.54, 1.807) is 14.2 Å². The zero-order valence-corrected chi connectivity index (χ0v) is 11.2. The van der Waals surface area contributed by atoms with E-state index in [-0.39, 0.29) is 0 Å². The van der Waals surface area contributed by atoms with Gasteiger partial charge in [-0.15, -0.1) is 0 Å². The molecule has 0 bridgehead atoms. The summed E-state index contributed by atoms with van der Waals surface area (Å²) in [6.45, 7) is 0. The van der Waals surface area contributed by atoms with Gasteiger partial charge in [-0.1, -0.05) is 19.3 Å². The first kappa shape index (κ1) is 13.2. The topological polar surface area (TPSA) is 38.7 Å². The first-order valence-electron chi connectivity index (χ1n) is 6.65. The summed E-state index contributed by atoms with van der Waals surface area (Å²) in [4.78, 5) is 0.